The van der Waals surface area contributed by atoms with Gasteiger partial charge in [-0.2, -0.15) is 0 Å². The predicted octanol–water partition coefficient (Wildman–Crippen LogP) is 4.88. The molecule has 2 aromatic heterocycles. The summed E-state index contributed by atoms with van der Waals surface area (Å²) in [4.78, 5) is 28.9. The van der Waals surface area contributed by atoms with Crippen molar-refractivity contribution in [2.75, 3.05) is 0 Å². The molecule has 8 heteroatoms. The van der Waals surface area contributed by atoms with E-state index in [0.29, 0.717) is 37.3 Å². The van der Waals surface area contributed by atoms with Crippen LogP contribution < -0.4 is 10.4 Å². The van der Waals surface area contributed by atoms with Crippen molar-refractivity contribution in [3.8, 4) is 11.6 Å². The van der Waals surface area contributed by atoms with Crippen molar-refractivity contribution in [2.24, 2.45) is 0 Å². The van der Waals surface area contributed by atoms with Crippen LogP contribution in [0.4, 0.5) is 0 Å². The standard InChI is InChI=1S/C31H35N3O5/c1-21-8-9-25(18-22(21)2)20-34-28(35)27(33(30(34)38)19-24-14-16-32-17-15-24)7-5-6-23-10-12-26(13-11-23)39-31(3,4)29(36)37/h8-18,35H,5-7,19-20H2,1-4H3,(H,36,37). The van der Waals surface area contributed by atoms with Gasteiger partial charge in [0.25, 0.3) is 0 Å². The van der Waals surface area contributed by atoms with Crippen molar-refractivity contribution in [2.45, 2.75) is 65.6 Å². The lowest BCUT2D eigenvalue weighted by Gasteiger charge is -2.21. The van der Waals surface area contributed by atoms with Crippen LogP contribution in [-0.2, 0) is 30.7 Å². The molecule has 0 saturated carbocycles. The lowest BCUT2D eigenvalue weighted by atomic mass is 10.1. The Kier molecular flexibility index (Phi) is 8.24. The number of aliphatic carboxylic acids is 1. The number of hydrogen-bond acceptors (Lipinski definition) is 5. The summed E-state index contributed by atoms with van der Waals surface area (Å²) in [5, 5.41) is 20.5. The molecule has 0 radical (unpaired) electrons. The number of carboxylic acid groups (broad SMARTS) is 1. The second-order valence-corrected chi connectivity index (χ2v) is 10.4. The number of ether oxygens (including phenoxy) is 1. The summed E-state index contributed by atoms with van der Waals surface area (Å²) in [6.07, 6.45) is 5.32. The Balaban J connectivity index is 1.53. The van der Waals surface area contributed by atoms with Gasteiger partial charge in [-0.1, -0.05) is 30.3 Å². The Bertz CT molecular complexity index is 1500. The molecule has 0 atom stereocenters. The smallest absolute Gasteiger partial charge is 0.347 e. The SMILES string of the molecule is Cc1ccc(Cn2c(O)c(CCCc3ccc(OC(C)(C)C(=O)O)cc3)n(Cc3ccncc3)c2=O)cc1C. The van der Waals surface area contributed by atoms with Gasteiger partial charge in [-0.15, -0.1) is 0 Å². The summed E-state index contributed by atoms with van der Waals surface area (Å²) >= 11 is 0. The van der Waals surface area contributed by atoms with Crippen LogP contribution in [-0.4, -0.2) is 35.9 Å². The maximum absolute atomic E-state index is 13.5. The number of pyridine rings is 1. The van der Waals surface area contributed by atoms with Crippen molar-refractivity contribution in [3.05, 3.63) is 111 Å². The summed E-state index contributed by atoms with van der Waals surface area (Å²) in [5.74, 6) is -0.556. The number of carboxylic acids is 1. The molecule has 2 aromatic carbocycles. The first-order valence-corrected chi connectivity index (χ1v) is 13.0. The van der Waals surface area contributed by atoms with E-state index in [4.69, 9.17) is 4.74 Å². The number of hydrogen-bond donors (Lipinski definition) is 2. The zero-order chi connectivity index (χ0) is 28.2. The van der Waals surface area contributed by atoms with Gasteiger partial charge >= 0.3 is 11.7 Å². The van der Waals surface area contributed by atoms with Crippen molar-refractivity contribution >= 4 is 5.97 Å². The van der Waals surface area contributed by atoms with E-state index in [1.54, 1.807) is 29.1 Å². The molecular weight excluding hydrogens is 494 g/mol. The third-order valence-electron chi connectivity index (χ3n) is 6.99. The highest BCUT2D eigenvalue weighted by molar-refractivity contribution is 5.76. The Morgan fingerprint density at radius 3 is 2.15 bits per heavy atom. The molecule has 2 N–H and O–H groups in total. The minimum atomic E-state index is -1.32. The van der Waals surface area contributed by atoms with Crippen molar-refractivity contribution < 1.29 is 19.7 Å². The zero-order valence-electron chi connectivity index (χ0n) is 22.8. The molecule has 0 spiro atoms. The first kappa shape index (κ1) is 27.7. The summed E-state index contributed by atoms with van der Waals surface area (Å²) in [7, 11) is 0. The summed E-state index contributed by atoms with van der Waals surface area (Å²) in [6, 6.07) is 17.1. The first-order chi connectivity index (χ1) is 18.5. The molecule has 0 amide bonds. The Labute approximate surface area is 228 Å². The highest BCUT2D eigenvalue weighted by Gasteiger charge is 2.29. The normalized spacial score (nSPS) is 11.5. The van der Waals surface area contributed by atoms with Gasteiger partial charge in [0, 0.05) is 12.4 Å². The molecule has 0 aliphatic heterocycles. The first-order valence-electron chi connectivity index (χ1n) is 13.0. The van der Waals surface area contributed by atoms with E-state index in [-0.39, 0.29) is 18.1 Å². The van der Waals surface area contributed by atoms with Gasteiger partial charge in [-0.05, 0) is 99.0 Å². The second kappa shape index (κ2) is 11.6. The number of aromatic nitrogens is 3. The molecule has 4 rings (SSSR count). The number of rotatable bonds is 11. The number of aromatic hydroxyl groups is 1. The van der Waals surface area contributed by atoms with Crippen LogP contribution in [0.2, 0.25) is 0 Å². The average molecular weight is 530 g/mol. The van der Waals surface area contributed by atoms with E-state index >= 15 is 0 Å². The lowest BCUT2D eigenvalue weighted by molar-refractivity contribution is -0.152. The molecule has 0 aliphatic carbocycles. The van der Waals surface area contributed by atoms with E-state index < -0.39 is 11.6 Å². The van der Waals surface area contributed by atoms with E-state index in [0.717, 1.165) is 22.3 Å². The van der Waals surface area contributed by atoms with E-state index in [9.17, 15) is 19.8 Å². The van der Waals surface area contributed by atoms with Gasteiger partial charge < -0.3 is 14.9 Å². The van der Waals surface area contributed by atoms with Gasteiger partial charge in [-0.3, -0.25) is 14.1 Å². The molecule has 4 aromatic rings. The summed E-state index contributed by atoms with van der Waals surface area (Å²) < 4.78 is 8.67. The zero-order valence-corrected chi connectivity index (χ0v) is 22.8. The van der Waals surface area contributed by atoms with E-state index in [1.807, 2.05) is 56.3 Å². The molecule has 0 saturated heterocycles. The van der Waals surface area contributed by atoms with Crippen molar-refractivity contribution in [3.63, 3.8) is 0 Å². The largest absolute Gasteiger partial charge is 0.493 e. The highest BCUT2D eigenvalue weighted by Crippen LogP contribution is 2.23. The predicted molar refractivity (Wildman–Crippen MR) is 150 cm³/mol. The number of benzene rings is 2. The quantitative estimate of drug-likeness (QED) is 0.287. The number of carbonyl (C=O) groups is 1. The van der Waals surface area contributed by atoms with Crippen LogP contribution in [0.1, 0.15) is 53.8 Å². The Morgan fingerprint density at radius 1 is 0.872 bits per heavy atom. The van der Waals surface area contributed by atoms with E-state index in [1.165, 1.54) is 24.0 Å². The fourth-order valence-corrected chi connectivity index (χ4v) is 4.46. The fourth-order valence-electron chi connectivity index (χ4n) is 4.46. The second-order valence-electron chi connectivity index (χ2n) is 10.4. The maximum Gasteiger partial charge on any atom is 0.347 e. The molecular formula is C31H35N3O5. The number of aryl methyl sites for hydroxylation is 3. The third kappa shape index (κ3) is 6.57. The molecule has 204 valence electrons. The van der Waals surface area contributed by atoms with Crippen molar-refractivity contribution in [1.29, 1.82) is 0 Å². The molecule has 39 heavy (non-hydrogen) atoms. The van der Waals surface area contributed by atoms with E-state index in [2.05, 4.69) is 4.98 Å². The molecule has 0 unspecified atom stereocenters. The maximum atomic E-state index is 13.5. The van der Waals surface area contributed by atoms with Crippen LogP contribution in [0.15, 0.2) is 71.8 Å². The molecule has 0 bridgehead atoms. The van der Waals surface area contributed by atoms with Crippen LogP contribution in [0.5, 0.6) is 11.6 Å². The van der Waals surface area contributed by atoms with Crippen LogP contribution in [0, 0.1) is 13.8 Å². The fraction of sp³-hybridized carbons (Fsp3) is 0.323. The lowest BCUT2D eigenvalue weighted by Crippen LogP contribution is -2.37. The molecule has 0 aliphatic rings. The molecule has 8 nitrogen and oxygen atoms in total. The van der Waals surface area contributed by atoms with Gasteiger partial charge in [-0.25, -0.2) is 9.59 Å². The third-order valence-corrected chi connectivity index (χ3v) is 6.99. The van der Waals surface area contributed by atoms with Crippen LogP contribution in [0.3, 0.4) is 0 Å². The number of nitrogens with zero attached hydrogens (tertiary/aromatic N) is 3. The summed E-state index contributed by atoms with van der Waals surface area (Å²) in [6.45, 7) is 7.73. The Morgan fingerprint density at radius 2 is 1.51 bits per heavy atom. The number of imidazole rings is 1. The van der Waals surface area contributed by atoms with Gasteiger partial charge in [0.1, 0.15) is 5.75 Å². The average Bonchev–Trinajstić information content (AvgIpc) is 3.11. The monoisotopic (exact) mass is 529 g/mol. The highest BCUT2D eigenvalue weighted by atomic mass is 16.5. The minimum Gasteiger partial charge on any atom is -0.493 e. The van der Waals surface area contributed by atoms with Gasteiger partial charge in [0.2, 0.25) is 5.88 Å². The molecule has 0 fully saturated rings. The van der Waals surface area contributed by atoms with Gasteiger partial charge in [0.05, 0.1) is 18.8 Å². The topological polar surface area (TPSA) is 107 Å². The summed E-state index contributed by atoms with van der Waals surface area (Å²) in [5.41, 5.74) is 4.28. The Hall–Kier alpha value is -4.33. The van der Waals surface area contributed by atoms with Crippen LogP contribution in [0.25, 0.3) is 0 Å². The van der Waals surface area contributed by atoms with Crippen molar-refractivity contribution in [1.82, 2.24) is 14.1 Å². The minimum absolute atomic E-state index is 0.00747. The van der Waals surface area contributed by atoms with Gasteiger partial charge in [0.15, 0.2) is 5.60 Å². The van der Waals surface area contributed by atoms with Crippen LogP contribution >= 0.6 is 0 Å². The molecule has 2 heterocycles.